The Labute approximate surface area is 112 Å². The van der Waals surface area contributed by atoms with Crippen LogP contribution in [0.3, 0.4) is 0 Å². The Morgan fingerprint density at radius 1 is 1.28 bits per heavy atom. The summed E-state index contributed by atoms with van der Waals surface area (Å²) in [6.45, 7) is 0. The highest BCUT2D eigenvalue weighted by molar-refractivity contribution is 8.02. The van der Waals surface area contributed by atoms with Crippen LogP contribution in [0.1, 0.15) is 10.5 Å². The van der Waals surface area contributed by atoms with Crippen LogP contribution in [-0.2, 0) is 0 Å². The first-order chi connectivity index (χ1) is 8.86. The summed E-state index contributed by atoms with van der Waals surface area (Å²) >= 11 is 3.26. The van der Waals surface area contributed by atoms with E-state index in [1.807, 2.05) is 35.7 Å². The quantitative estimate of drug-likeness (QED) is 0.554. The van der Waals surface area contributed by atoms with Gasteiger partial charge in [0.25, 0.3) is 0 Å². The summed E-state index contributed by atoms with van der Waals surface area (Å²) in [5.41, 5.74) is 2.54. The van der Waals surface area contributed by atoms with Crippen molar-refractivity contribution in [2.45, 2.75) is 4.21 Å². The van der Waals surface area contributed by atoms with E-state index in [1.165, 1.54) is 4.21 Å². The molecule has 0 radical (unpaired) electrons. The fraction of sp³-hybridized carbons (Fsp3) is 0. The average Bonchev–Trinajstić information content (AvgIpc) is 3.04. The van der Waals surface area contributed by atoms with Gasteiger partial charge in [-0.2, -0.15) is 0 Å². The number of H-pyrrole nitrogens is 1. The molecule has 0 fully saturated rings. The lowest BCUT2D eigenvalue weighted by Crippen LogP contribution is -1.87. The van der Waals surface area contributed by atoms with Crippen molar-refractivity contribution in [1.29, 1.82) is 0 Å². The zero-order chi connectivity index (χ0) is 12.4. The number of nitrogens with one attached hydrogen (secondary N) is 2. The summed E-state index contributed by atoms with van der Waals surface area (Å²) < 4.78 is 4.51. The van der Waals surface area contributed by atoms with Crippen LogP contribution in [0.15, 0.2) is 46.0 Å². The normalized spacial score (nSPS) is 10.7. The Bertz CT molecular complexity index is 673. The number of aromatic nitrogens is 1. The van der Waals surface area contributed by atoms with Crippen LogP contribution in [-0.4, -0.2) is 11.3 Å². The van der Waals surface area contributed by atoms with Gasteiger partial charge in [-0.3, -0.25) is 4.79 Å². The molecule has 0 bridgehead atoms. The first-order valence-electron chi connectivity index (χ1n) is 5.40. The Balaban J connectivity index is 1.91. The lowest BCUT2D eigenvalue weighted by atomic mass is 10.2. The van der Waals surface area contributed by atoms with E-state index in [1.54, 1.807) is 23.3 Å². The molecule has 1 aromatic carbocycles. The van der Waals surface area contributed by atoms with Gasteiger partial charge in [0.15, 0.2) is 6.29 Å². The van der Waals surface area contributed by atoms with Crippen LogP contribution >= 0.6 is 23.3 Å². The molecule has 2 heterocycles. The van der Waals surface area contributed by atoms with E-state index in [9.17, 15) is 4.79 Å². The van der Waals surface area contributed by atoms with E-state index in [-0.39, 0.29) is 0 Å². The lowest BCUT2D eigenvalue weighted by molar-refractivity contribution is 0.112. The maximum absolute atomic E-state index is 10.8. The largest absolute Gasteiger partial charge is 0.351 e. The monoisotopic (exact) mass is 274 g/mol. The van der Waals surface area contributed by atoms with Gasteiger partial charge in [0.05, 0.1) is 21.1 Å². The van der Waals surface area contributed by atoms with Gasteiger partial charge in [-0.1, -0.05) is 18.2 Å². The van der Waals surface area contributed by atoms with E-state index < -0.39 is 0 Å². The van der Waals surface area contributed by atoms with Crippen molar-refractivity contribution in [3.63, 3.8) is 0 Å². The molecular formula is C13H10N2OS2. The van der Waals surface area contributed by atoms with E-state index in [2.05, 4.69) is 15.8 Å². The molecular weight excluding hydrogens is 264 g/mol. The van der Waals surface area contributed by atoms with Gasteiger partial charge in [-0.15, -0.1) is 11.3 Å². The molecule has 0 aliphatic carbocycles. The van der Waals surface area contributed by atoms with Gasteiger partial charge in [-0.05, 0) is 35.5 Å². The highest BCUT2D eigenvalue weighted by Crippen LogP contribution is 2.29. The number of hydrogen-bond donors (Lipinski definition) is 2. The minimum Gasteiger partial charge on any atom is -0.351 e. The fourth-order valence-electron chi connectivity index (χ4n) is 1.75. The van der Waals surface area contributed by atoms with Crippen molar-refractivity contribution in [3.8, 4) is 0 Å². The molecule has 0 aliphatic rings. The fourth-order valence-corrected chi connectivity index (χ4v) is 3.21. The van der Waals surface area contributed by atoms with Crippen molar-refractivity contribution >= 4 is 46.2 Å². The second-order valence-corrected chi connectivity index (χ2v) is 5.80. The molecule has 18 heavy (non-hydrogen) atoms. The van der Waals surface area contributed by atoms with Crippen LogP contribution in [0.4, 0.5) is 5.69 Å². The van der Waals surface area contributed by atoms with Crippen molar-refractivity contribution in [1.82, 2.24) is 4.98 Å². The summed E-state index contributed by atoms with van der Waals surface area (Å²) in [7, 11) is 0. The maximum Gasteiger partial charge on any atom is 0.166 e. The minimum absolute atomic E-state index is 0.598. The molecule has 0 spiro atoms. The number of aromatic amines is 1. The van der Waals surface area contributed by atoms with Crippen LogP contribution in [0.25, 0.3) is 10.9 Å². The molecule has 5 heteroatoms. The van der Waals surface area contributed by atoms with Crippen LogP contribution in [0, 0.1) is 0 Å². The Hall–Kier alpha value is -1.72. The van der Waals surface area contributed by atoms with Gasteiger partial charge in [0.2, 0.25) is 0 Å². The summed E-state index contributed by atoms with van der Waals surface area (Å²) in [5.74, 6) is 0. The molecule has 3 aromatic rings. The third kappa shape index (κ3) is 2.14. The lowest BCUT2D eigenvalue weighted by Gasteiger charge is -2.04. The van der Waals surface area contributed by atoms with Gasteiger partial charge >= 0.3 is 0 Å². The number of fused-ring (bicyclic) bond motifs is 1. The summed E-state index contributed by atoms with van der Waals surface area (Å²) in [5, 5.41) is 3.08. The first kappa shape index (κ1) is 11.4. The molecule has 0 unspecified atom stereocenters. The topological polar surface area (TPSA) is 44.9 Å². The second kappa shape index (κ2) is 4.88. The first-order valence-corrected chi connectivity index (χ1v) is 7.10. The predicted molar refractivity (Wildman–Crippen MR) is 77.5 cm³/mol. The highest BCUT2D eigenvalue weighted by atomic mass is 32.2. The van der Waals surface area contributed by atoms with Gasteiger partial charge in [0, 0.05) is 5.39 Å². The third-order valence-electron chi connectivity index (χ3n) is 2.56. The number of rotatable bonds is 4. The number of hydrogen-bond acceptors (Lipinski definition) is 4. The summed E-state index contributed by atoms with van der Waals surface area (Å²) in [6.07, 6.45) is 0.830. The molecule has 3 nitrogen and oxygen atoms in total. The standard InChI is InChI=1S/C13H10N2OS2/c16-8-10-7-9-3-1-4-11(13(9)14-10)15-18-12-5-2-6-17-12/h1-8,14-15H. The van der Waals surface area contributed by atoms with Crippen LogP contribution < -0.4 is 4.72 Å². The molecule has 3 rings (SSSR count). The van der Waals surface area contributed by atoms with E-state index in [0.29, 0.717) is 5.69 Å². The van der Waals surface area contributed by atoms with Gasteiger partial charge in [-0.25, -0.2) is 0 Å². The van der Waals surface area contributed by atoms with E-state index >= 15 is 0 Å². The zero-order valence-corrected chi connectivity index (χ0v) is 11.0. The number of anilines is 1. The molecule has 0 amide bonds. The Kier molecular flexibility index (Phi) is 3.08. The SMILES string of the molecule is O=Cc1cc2cccc(NSc3cccs3)c2[nH]1. The van der Waals surface area contributed by atoms with Crippen LogP contribution in [0.2, 0.25) is 0 Å². The van der Waals surface area contributed by atoms with Crippen molar-refractivity contribution in [2.24, 2.45) is 0 Å². The molecule has 2 aromatic heterocycles. The molecule has 0 aliphatic heterocycles. The number of carbonyl (C=O) groups excluding carboxylic acids is 1. The third-order valence-corrected chi connectivity index (χ3v) is 4.42. The molecule has 0 saturated carbocycles. The molecule has 0 saturated heterocycles. The van der Waals surface area contributed by atoms with Crippen LogP contribution in [0.5, 0.6) is 0 Å². The minimum atomic E-state index is 0.598. The van der Waals surface area contributed by atoms with Gasteiger partial charge in [0.1, 0.15) is 0 Å². The maximum atomic E-state index is 10.8. The average molecular weight is 274 g/mol. The molecule has 90 valence electrons. The Morgan fingerprint density at radius 3 is 3.00 bits per heavy atom. The zero-order valence-electron chi connectivity index (χ0n) is 9.34. The smallest absolute Gasteiger partial charge is 0.166 e. The second-order valence-electron chi connectivity index (χ2n) is 3.75. The predicted octanol–water partition coefficient (Wildman–Crippen LogP) is 4.16. The van der Waals surface area contributed by atoms with Crippen molar-refractivity contribution in [3.05, 3.63) is 47.5 Å². The van der Waals surface area contributed by atoms with E-state index in [0.717, 1.165) is 22.9 Å². The summed E-state index contributed by atoms with van der Waals surface area (Å²) in [4.78, 5) is 13.9. The van der Waals surface area contributed by atoms with Crippen molar-refractivity contribution in [2.75, 3.05) is 4.72 Å². The van der Waals surface area contributed by atoms with E-state index in [4.69, 9.17) is 0 Å². The number of aldehydes is 1. The number of benzene rings is 1. The van der Waals surface area contributed by atoms with Gasteiger partial charge < -0.3 is 9.71 Å². The Morgan fingerprint density at radius 2 is 2.22 bits per heavy atom. The number of carbonyl (C=O) groups is 1. The van der Waals surface area contributed by atoms with Crippen molar-refractivity contribution < 1.29 is 4.79 Å². The molecule has 0 atom stereocenters. The number of para-hydroxylation sites is 1. The number of thiophene rings is 1. The summed E-state index contributed by atoms with van der Waals surface area (Å²) in [6, 6.07) is 11.9. The highest BCUT2D eigenvalue weighted by Gasteiger charge is 2.05. The molecule has 2 N–H and O–H groups in total.